The molecule has 0 unspecified atom stereocenters. The molecule has 0 aliphatic carbocycles. The zero-order valence-electron chi connectivity index (χ0n) is 11.7. The molecule has 0 saturated heterocycles. The number of urea groups is 1. The monoisotopic (exact) mass is 269 g/mol. The lowest BCUT2D eigenvalue weighted by molar-refractivity contribution is 0.259. The van der Waals surface area contributed by atoms with Crippen molar-refractivity contribution < 1.29 is 4.79 Å². The van der Waals surface area contributed by atoms with E-state index in [0.29, 0.717) is 5.69 Å². The summed E-state index contributed by atoms with van der Waals surface area (Å²) in [5.74, 6) is 0. The molecule has 4 heteroatoms. The van der Waals surface area contributed by atoms with E-state index in [-0.39, 0.29) is 0 Å². The van der Waals surface area contributed by atoms with Crippen LogP contribution in [0.2, 0.25) is 0 Å². The van der Waals surface area contributed by atoms with Gasteiger partial charge in [-0.05, 0) is 48.7 Å². The van der Waals surface area contributed by atoms with Gasteiger partial charge in [0.2, 0.25) is 0 Å². The van der Waals surface area contributed by atoms with Crippen LogP contribution >= 0.6 is 0 Å². The van der Waals surface area contributed by atoms with Crippen LogP contribution in [0.5, 0.6) is 0 Å². The Bertz CT molecular complexity index is 603. The zero-order valence-corrected chi connectivity index (χ0v) is 11.7. The van der Waals surface area contributed by atoms with Crippen molar-refractivity contribution in [3.8, 4) is 0 Å². The van der Waals surface area contributed by atoms with Crippen LogP contribution in [0, 0.1) is 13.8 Å². The van der Waals surface area contributed by atoms with E-state index in [0.717, 1.165) is 12.2 Å². The van der Waals surface area contributed by atoms with Crippen molar-refractivity contribution >= 4 is 17.4 Å². The van der Waals surface area contributed by atoms with Crippen LogP contribution in [0.25, 0.3) is 0 Å². The van der Waals surface area contributed by atoms with Crippen LogP contribution in [-0.4, -0.2) is 6.03 Å². The summed E-state index contributed by atoms with van der Waals surface area (Å²) in [4.78, 5) is 10.8. The van der Waals surface area contributed by atoms with Gasteiger partial charge < -0.3 is 16.4 Å². The lowest BCUT2D eigenvalue weighted by Gasteiger charge is -2.12. The van der Waals surface area contributed by atoms with Gasteiger partial charge in [0.15, 0.2) is 0 Å². The van der Waals surface area contributed by atoms with Crippen LogP contribution in [0.15, 0.2) is 42.5 Å². The minimum atomic E-state index is -0.558. The summed E-state index contributed by atoms with van der Waals surface area (Å²) in [6.07, 6.45) is 0. The number of carbonyl (C=O) groups excluding carboxylic acids is 1. The predicted octanol–water partition coefficient (Wildman–Crippen LogP) is 3.41. The summed E-state index contributed by atoms with van der Waals surface area (Å²) in [6, 6.07) is 13.2. The molecule has 2 amide bonds. The highest BCUT2D eigenvalue weighted by molar-refractivity contribution is 5.88. The first-order chi connectivity index (χ1) is 9.56. The average molecular weight is 269 g/mol. The molecule has 0 saturated carbocycles. The molecule has 0 atom stereocenters. The van der Waals surface area contributed by atoms with Crippen molar-refractivity contribution in [1.82, 2.24) is 0 Å². The molecular weight excluding hydrogens is 250 g/mol. The normalized spacial score (nSPS) is 10.1. The number of rotatable bonds is 4. The molecule has 4 N–H and O–H groups in total. The molecule has 0 heterocycles. The lowest BCUT2D eigenvalue weighted by atomic mass is 10.0. The minimum absolute atomic E-state index is 0.558. The number of aryl methyl sites for hydroxylation is 2. The van der Waals surface area contributed by atoms with E-state index in [1.165, 1.54) is 16.7 Å². The molecule has 0 radical (unpaired) electrons. The van der Waals surface area contributed by atoms with Crippen LogP contribution in [0.3, 0.4) is 0 Å². The second kappa shape index (κ2) is 6.10. The first kappa shape index (κ1) is 13.9. The quantitative estimate of drug-likeness (QED) is 0.796. The molecular formula is C16H19N3O. The third-order valence-electron chi connectivity index (χ3n) is 3.24. The third-order valence-corrected chi connectivity index (χ3v) is 3.24. The minimum Gasteiger partial charge on any atom is -0.381 e. The van der Waals surface area contributed by atoms with Crippen molar-refractivity contribution in [3.05, 3.63) is 59.2 Å². The first-order valence-corrected chi connectivity index (χ1v) is 6.52. The molecule has 20 heavy (non-hydrogen) atoms. The van der Waals surface area contributed by atoms with E-state index >= 15 is 0 Å². The number of nitrogens with one attached hydrogen (secondary N) is 2. The maximum Gasteiger partial charge on any atom is 0.316 e. The van der Waals surface area contributed by atoms with Crippen LogP contribution in [0.1, 0.15) is 16.7 Å². The van der Waals surface area contributed by atoms with Gasteiger partial charge >= 0.3 is 6.03 Å². The standard InChI is InChI=1S/C16H19N3O/c1-11-5-3-6-12(2)15(11)10-18-13-7-4-8-14(9-13)19-16(17)20/h3-9,18H,10H2,1-2H3,(H3,17,19,20). The molecule has 2 aromatic rings. The number of benzene rings is 2. The summed E-state index contributed by atoms with van der Waals surface area (Å²) < 4.78 is 0. The Hall–Kier alpha value is -2.49. The summed E-state index contributed by atoms with van der Waals surface area (Å²) in [5.41, 5.74) is 10.6. The van der Waals surface area contributed by atoms with Gasteiger partial charge in [0.1, 0.15) is 0 Å². The van der Waals surface area contributed by atoms with E-state index in [2.05, 4.69) is 42.7 Å². The van der Waals surface area contributed by atoms with E-state index < -0.39 is 6.03 Å². The largest absolute Gasteiger partial charge is 0.381 e. The maximum atomic E-state index is 10.8. The Labute approximate surface area is 119 Å². The molecule has 4 nitrogen and oxygen atoms in total. The molecule has 0 spiro atoms. The Kier molecular flexibility index (Phi) is 4.25. The Morgan fingerprint density at radius 3 is 2.30 bits per heavy atom. The molecule has 0 aromatic heterocycles. The third kappa shape index (κ3) is 3.51. The summed E-state index contributed by atoms with van der Waals surface area (Å²) in [7, 11) is 0. The van der Waals surface area contributed by atoms with Crippen molar-refractivity contribution in [1.29, 1.82) is 0 Å². The molecule has 0 aliphatic rings. The maximum absolute atomic E-state index is 10.8. The topological polar surface area (TPSA) is 67.2 Å². The van der Waals surface area contributed by atoms with Gasteiger partial charge in [-0.2, -0.15) is 0 Å². The van der Waals surface area contributed by atoms with Crippen molar-refractivity contribution in [2.45, 2.75) is 20.4 Å². The molecule has 0 bridgehead atoms. The van der Waals surface area contributed by atoms with Crippen molar-refractivity contribution in [3.63, 3.8) is 0 Å². The highest BCUT2D eigenvalue weighted by Crippen LogP contribution is 2.18. The number of hydrogen-bond acceptors (Lipinski definition) is 2. The lowest BCUT2D eigenvalue weighted by Crippen LogP contribution is -2.19. The smallest absolute Gasteiger partial charge is 0.316 e. The molecule has 0 fully saturated rings. The molecule has 0 aliphatic heterocycles. The SMILES string of the molecule is Cc1cccc(C)c1CNc1cccc(NC(N)=O)c1. The van der Waals surface area contributed by atoms with E-state index in [1.54, 1.807) is 6.07 Å². The Morgan fingerprint density at radius 1 is 1.05 bits per heavy atom. The highest BCUT2D eigenvalue weighted by atomic mass is 16.2. The number of nitrogens with two attached hydrogens (primary N) is 1. The van der Waals surface area contributed by atoms with Crippen LogP contribution in [-0.2, 0) is 6.54 Å². The Morgan fingerprint density at radius 2 is 1.65 bits per heavy atom. The summed E-state index contributed by atoms with van der Waals surface area (Å²) in [5, 5.41) is 5.93. The van der Waals surface area contributed by atoms with Crippen LogP contribution in [0.4, 0.5) is 16.2 Å². The number of carbonyl (C=O) groups is 1. The van der Waals surface area contributed by atoms with Crippen molar-refractivity contribution in [2.24, 2.45) is 5.73 Å². The number of primary amides is 1. The van der Waals surface area contributed by atoms with Gasteiger partial charge in [-0.15, -0.1) is 0 Å². The van der Waals surface area contributed by atoms with Gasteiger partial charge in [0.25, 0.3) is 0 Å². The number of hydrogen-bond donors (Lipinski definition) is 3. The second-order valence-corrected chi connectivity index (χ2v) is 4.79. The summed E-state index contributed by atoms with van der Waals surface area (Å²) >= 11 is 0. The van der Waals surface area contributed by atoms with E-state index in [4.69, 9.17) is 5.73 Å². The van der Waals surface area contributed by atoms with Gasteiger partial charge in [0, 0.05) is 17.9 Å². The summed E-state index contributed by atoms with van der Waals surface area (Å²) in [6.45, 7) is 4.96. The number of amides is 2. The predicted molar refractivity (Wildman–Crippen MR) is 82.9 cm³/mol. The number of anilines is 2. The second-order valence-electron chi connectivity index (χ2n) is 4.79. The average Bonchev–Trinajstić information content (AvgIpc) is 2.38. The fourth-order valence-corrected chi connectivity index (χ4v) is 2.17. The van der Waals surface area contributed by atoms with E-state index in [1.807, 2.05) is 18.2 Å². The molecule has 104 valence electrons. The molecule has 2 aromatic carbocycles. The highest BCUT2D eigenvalue weighted by Gasteiger charge is 2.03. The van der Waals surface area contributed by atoms with Crippen molar-refractivity contribution in [2.75, 3.05) is 10.6 Å². The fraction of sp³-hybridized carbons (Fsp3) is 0.188. The molecule has 2 rings (SSSR count). The van der Waals surface area contributed by atoms with E-state index in [9.17, 15) is 4.79 Å². The van der Waals surface area contributed by atoms with Gasteiger partial charge in [-0.3, -0.25) is 0 Å². The van der Waals surface area contributed by atoms with Gasteiger partial charge in [-0.25, -0.2) is 4.79 Å². The Balaban J connectivity index is 2.09. The zero-order chi connectivity index (χ0) is 14.5. The van der Waals surface area contributed by atoms with Crippen LogP contribution < -0.4 is 16.4 Å². The fourth-order valence-electron chi connectivity index (χ4n) is 2.17. The van der Waals surface area contributed by atoms with Gasteiger partial charge in [0.05, 0.1) is 0 Å². The first-order valence-electron chi connectivity index (χ1n) is 6.52. The van der Waals surface area contributed by atoms with Gasteiger partial charge in [-0.1, -0.05) is 24.3 Å².